The van der Waals surface area contributed by atoms with E-state index in [0.717, 1.165) is 24.2 Å². The molecule has 0 spiro atoms. The SMILES string of the molecule is COC1=CC=C(CO)CC1. The predicted octanol–water partition coefficient (Wildman–Crippen LogP) is 1.23. The van der Waals surface area contributed by atoms with Crippen molar-refractivity contribution in [3.05, 3.63) is 23.5 Å². The van der Waals surface area contributed by atoms with E-state index in [0.29, 0.717) is 0 Å². The molecule has 0 fully saturated rings. The van der Waals surface area contributed by atoms with E-state index in [1.165, 1.54) is 0 Å². The van der Waals surface area contributed by atoms with Crippen molar-refractivity contribution in [1.29, 1.82) is 0 Å². The Morgan fingerprint density at radius 3 is 2.70 bits per heavy atom. The predicted molar refractivity (Wildman–Crippen MR) is 39.5 cm³/mol. The third kappa shape index (κ3) is 1.61. The standard InChI is InChI=1S/C8H12O2/c1-10-8-4-2-7(6-9)3-5-8/h2,4,9H,3,5-6H2,1H3. The highest BCUT2D eigenvalue weighted by Crippen LogP contribution is 2.17. The van der Waals surface area contributed by atoms with Crippen LogP contribution in [0.4, 0.5) is 0 Å². The molecule has 0 saturated carbocycles. The van der Waals surface area contributed by atoms with E-state index >= 15 is 0 Å². The number of hydrogen-bond donors (Lipinski definition) is 1. The Balaban J connectivity index is 2.55. The molecule has 1 rings (SSSR count). The van der Waals surface area contributed by atoms with Crippen molar-refractivity contribution in [1.82, 2.24) is 0 Å². The minimum absolute atomic E-state index is 0.174. The Morgan fingerprint density at radius 1 is 1.50 bits per heavy atom. The molecular weight excluding hydrogens is 128 g/mol. The molecule has 0 aromatic carbocycles. The molecule has 1 N–H and O–H groups in total. The van der Waals surface area contributed by atoms with Crippen LogP contribution in [0.3, 0.4) is 0 Å². The van der Waals surface area contributed by atoms with Crippen molar-refractivity contribution < 1.29 is 9.84 Å². The Morgan fingerprint density at radius 2 is 2.30 bits per heavy atom. The molecule has 0 amide bonds. The number of methoxy groups -OCH3 is 1. The maximum Gasteiger partial charge on any atom is 0.0958 e. The van der Waals surface area contributed by atoms with Gasteiger partial charge in [-0.3, -0.25) is 0 Å². The largest absolute Gasteiger partial charge is 0.501 e. The van der Waals surface area contributed by atoms with E-state index in [2.05, 4.69) is 0 Å². The first-order valence-electron chi connectivity index (χ1n) is 3.40. The maximum atomic E-state index is 8.71. The number of allylic oxidation sites excluding steroid dienone is 3. The molecule has 2 heteroatoms. The normalized spacial score (nSPS) is 17.8. The molecule has 2 nitrogen and oxygen atoms in total. The van der Waals surface area contributed by atoms with Gasteiger partial charge in [0.1, 0.15) is 0 Å². The second kappa shape index (κ2) is 3.42. The molecule has 0 heterocycles. The second-order valence-corrected chi connectivity index (χ2v) is 2.32. The van der Waals surface area contributed by atoms with Crippen LogP contribution in [0, 0.1) is 0 Å². The summed E-state index contributed by atoms with van der Waals surface area (Å²) in [5.74, 6) is 0.997. The van der Waals surface area contributed by atoms with Gasteiger partial charge in [-0.2, -0.15) is 0 Å². The summed E-state index contributed by atoms with van der Waals surface area (Å²) >= 11 is 0. The second-order valence-electron chi connectivity index (χ2n) is 2.32. The average molecular weight is 140 g/mol. The van der Waals surface area contributed by atoms with E-state index in [-0.39, 0.29) is 6.61 Å². The van der Waals surface area contributed by atoms with Crippen LogP contribution in [0.5, 0.6) is 0 Å². The van der Waals surface area contributed by atoms with Crippen molar-refractivity contribution >= 4 is 0 Å². The lowest BCUT2D eigenvalue weighted by Gasteiger charge is -2.11. The Bertz CT molecular complexity index is 148. The lowest BCUT2D eigenvalue weighted by molar-refractivity contribution is 0.270. The smallest absolute Gasteiger partial charge is 0.0958 e. The van der Waals surface area contributed by atoms with Crippen LogP contribution < -0.4 is 0 Å². The Labute approximate surface area is 60.8 Å². The van der Waals surface area contributed by atoms with Gasteiger partial charge in [0.25, 0.3) is 0 Å². The zero-order valence-corrected chi connectivity index (χ0v) is 6.13. The van der Waals surface area contributed by atoms with Gasteiger partial charge in [0.2, 0.25) is 0 Å². The maximum absolute atomic E-state index is 8.71. The molecule has 0 radical (unpaired) electrons. The van der Waals surface area contributed by atoms with Crippen molar-refractivity contribution in [3.8, 4) is 0 Å². The van der Waals surface area contributed by atoms with Crippen LogP contribution in [-0.4, -0.2) is 18.8 Å². The molecule has 0 bridgehead atoms. The summed E-state index contributed by atoms with van der Waals surface area (Å²) in [6.07, 6.45) is 5.68. The average Bonchev–Trinajstić information content (AvgIpc) is 2.05. The molecule has 56 valence electrons. The molecule has 0 aliphatic heterocycles. The van der Waals surface area contributed by atoms with Crippen molar-refractivity contribution in [2.75, 3.05) is 13.7 Å². The highest BCUT2D eigenvalue weighted by Gasteiger charge is 2.03. The summed E-state index contributed by atoms with van der Waals surface area (Å²) in [5, 5.41) is 8.71. The Hall–Kier alpha value is -0.760. The topological polar surface area (TPSA) is 29.5 Å². The molecular formula is C8H12O2. The number of aliphatic hydroxyl groups is 1. The van der Waals surface area contributed by atoms with Crippen LogP contribution in [0.2, 0.25) is 0 Å². The van der Waals surface area contributed by atoms with Gasteiger partial charge < -0.3 is 9.84 Å². The minimum atomic E-state index is 0.174. The van der Waals surface area contributed by atoms with Gasteiger partial charge in [-0.15, -0.1) is 0 Å². The first-order chi connectivity index (χ1) is 4.86. The third-order valence-corrected chi connectivity index (χ3v) is 1.66. The highest BCUT2D eigenvalue weighted by molar-refractivity contribution is 5.20. The first kappa shape index (κ1) is 7.35. The summed E-state index contributed by atoms with van der Waals surface area (Å²) in [6.45, 7) is 0.174. The summed E-state index contributed by atoms with van der Waals surface area (Å²) in [7, 11) is 1.67. The molecule has 0 saturated heterocycles. The van der Waals surface area contributed by atoms with Crippen LogP contribution in [-0.2, 0) is 4.74 Å². The van der Waals surface area contributed by atoms with E-state index in [1.54, 1.807) is 7.11 Å². The van der Waals surface area contributed by atoms with E-state index < -0.39 is 0 Å². The van der Waals surface area contributed by atoms with Gasteiger partial charge in [-0.1, -0.05) is 6.08 Å². The quantitative estimate of drug-likeness (QED) is 0.625. The van der Waals surface area contributed by atoms with Crippen LogP contribution in [0.25, 0.3) is 0 Å². The van der Waals surface area contributed by atoms with Gasteiger partial charge in [0.05, 0.1) is 19.5 Å². The number of ether oxygens (including phenoxy) is 1. The van der Waals surface area contributed by atoms with Crippen molar-refractivity contribution in [3.63, 3.8) is 0 Å². The van der Waals surface area contributed by atoms with Gasteiger partial charge >= 0.3 is 0 Å². The van der Waals surface area contributed by atoms with E-state index in [1.807, 2.05) is 12.2 Å². The van der Waals surface area contributed by atoms with Crippen molar-refractivity contribution in [2.24, 2.45) is 0 Å². The molecule has 1 aliphatic rings. The summed E-state index contributed by atoms with van der Waals surface area (Å²) < 4.78 is 5.02. The minimum Gasteiger partial charge on any atom is -0.501 e. The molecule has 0 aromatic rings. The van der Waals surface area contributed by atoms with Crippen molar-refractivity contribution in [2.45, 2.75) is 12.8 Å². The molecule has 10 heavy (non-hydrogen) atoms. The number of rotatable bonds is 2. The molecule has 0 atom stereocenters. The molecule has 0 unspecified atom stereocenters. The molecule has 0 aromatic heterocycles. The zero-order valence-electron chi connectivity index (χ0n) is 6.13. The third-order valence-electron chi connectivity index (χ3n) is 1.66. The van der Waals surface area contributed by atoms with Gasteiger partial charge in [-0.05, 0) is 18.1 Å². The van der Waals surface area contributed by atoms with Gasteiger partial charge in [0, 0.05) is 6.42 Å². The summed E-state index contributed by atoms with van der Waals surface area (Å²) in [4.78, 5) is 0. The monoisotopic (exact) mass is 140 g/mol. The van der Waals surface area contributed by atoms with Gasteiger partial charge in [-0.25, -0.2) is 0 Å². The lowest BCUT2D eigenvalue weighted by atomic mass is 10.1. The van der Waals surface area contributed by atoms with E-state index in [4.69, 9.17) is 9.84 Å². The first-order valence-corrected chi connectivity index (χ1v) is 3.40. The van der Waals surface area contributed by atoms with Gasteiger partial charge in [0.15, 0.2) is 0 Å². The van der Waals surface area contributed by atoms with Crippen LogP contribution in [0.15, 0.2) is 23.5 Å². The fourth-order valence-electron chi connectivity index (χ4n) is 0.963. The molecule has 1 aliphatic carbocycles. The van der Waals surface area contributed by atoms with Crippen LogP contribution in [0.1, 0.15) is 12.8 Å². The highest BCUT2D eigenvalue weighted by atomic mass is 16.5. The Kier molecular flexibility index (Phi) is 2.51. The number of aliphatic hydroxyl groups excluding tert-OH is 1. The van der Waals surface area contributed by atoms with Crippen LogP contribution >= 0.6 is 0 Å². The fraction of sp³-hybridized carbons (Fsp3) is 0.500. The summed E-state index contributed by atoms with van der Waals surface area (Å²) in [6, 6.07) is 0. The van der Waals surface area contributed by atoms with E-state index in [9.17, 15) is 0 Å². The summed E-state index contributed by atoms with van der Waals surface area (Å²) in [5.41, 5.74) is 1.08. The fourth-order valence-corrected chi connectivity index (χ4v) is 0.963. The number of hydrogen-bond acceptors (Lipinski definition) is 2. The zero-order chi connectivity index (χ0) is 7.40. The lowest BCUT2D eigenvalue weighted by Crippen LogP contribution is -1.98.